The first-order valence-corrected chi connectivity index (χ1v) is 9.44. The van der Waals surface area contributed by atoms with Crippen LogP contribution in [0.1, 0.15) is 11.1 Å². The minimum Gasteiger partial charge on any atom is -0.493 e. The Labute approximate surface area is 169 Å². The number of nitrogens with zero attached hydrogens (tertiary/aromatic N) is 2. The number of rotatable bonds is 7. The molecule has 0 bridgehead atoms. The first kappa shape index (κ1) is 18.9. The van der Waals surface area contributed by atoms with Crippen molar-refractivity contribution in [2.24, 2.45) is 0 Å². The van der Waals surface area contributed by atoms with Gasteiger partial charge in [-0.05, 0) is 36.2 Å². The fourth-order valence-electron chi connectivity index (χ4n) is 3.48. The summed E-state index contributed by atoms with van der Waals surface area (Å²) in [6.45, 7) is 1.15. The third-order valence-corrected chi connectivity index (χ3v) is 4.92. The van der Waals surface area contributed by atoms with Crippen LogP contribution < -0.4 is 19.5 Å². The third-order valence-electron chi connectivity index (χ3n) is 4.92. The number of fused-ring (bicyclic) bond motifs is 3. The van der Waals surface area contributed by atoms with E-state index in [-0.39, 0.29) is 12.5 Å². The highest BCUT2D eigenvalue weighted by Gasteiger charge is 2.22. The molecule has 2 heterocycles. The lowest BCUT2D eigenvalue weighted by Crippen LogP contribution is -2.30. The molecule has 150 valence electrons. The summed E-state index contributed by atoms with van der Waals surface area (Å²) < 4.78 is 18.1. The molecule has 3 aromatic rings. The van der Waals surface area contributed by atoms with E-state index in [1.165, 1.54) is 0 Å². The van der Waals surface area contributed by atoms with Crippen molar-refractivity contribution >= 4 is 5.91 Å². The van der Waals surface area contributed by atoms with Crippen molar-refractivity contribution in [2.45, 2.75) is 19.6 Å². The number of para-hydroxylation sites is 1. The molecule has 1 aliphatic heterocycles. The minimum atomic E-state index is -0.0830. The molecule has 1 amide bonds. The van der Waals surface area contributed by atoms with Crippen molar-refractivity contribution in [2.75, 3.05) is 20.8 Å². The lowest BCUT2D eigenvalue weighted by molar-refractivity contribution is -0.121. The van der Waals surface area contributed by atoms with Gasteiger partial charge in [0.25, 0.3) is 0 Å². The highest BCUT2D eigenvalue weighted by atomic mass is 16.5. The quantitative estimate of drug-likeness (QED) is 0.668. The van der Waals surface area contributed by atoms with E-state index in [9.17, 15) is 4.79 Å². The summed E-state index contributed by atoms with van der Waals surface area (Å²) >= 11 is 0. The minimum absolute atomic E-state index is 0.0830. The molecule has 0 radical (unpaired) electrons. The number of methoxy groups -OCH3 is 2. The molecule has 7 heteroatoms. The van der Waals surface area contributed by atoms with Gasteiger partial charge in [0.15, 0.2) is 11.5 Å². The first-order chi connectivity index (χ1) is 14.2. The summed E-state index contributed by atoms with van der Waals surface area (Å²) in [4.78, 5) is 12.5. The van der Waals surface area contributed by atoms with Crippen LogP contribution in [0, 0.1) is 0 Å². The van der Waals surface area contributed by atoms with Crippen LogP contribution in [0.5, 0.6) is 17.2 Å². The number of carbonyl (C=O) groups excluding carboxylic acids is 1. The van der Waals surface area contributed by atoms with Crippen LogP contribution in [-0.4, -0.2) is 36.5 Å². The molecule has 0 aliphatic carbocycles. The van der Waals surface area contributed by atoms with Crippen LogP contribution in [0.15, 0.2) is 48.7 Å². The lowest BCUT2D eigenvalue weighted by atomic mass is 10.0. The van der Waals surface area contributed by atoms with Gasteiger partial charge < -0.3 is 19.5 Å². The molecule has 0 saturated carbocycles. The molecule has 4 rings (SSSR count). The Hall–Kier alpha value is -3.48. The topological polar surface area (TPSA) is 74.6 Å². The zero-order chi connectivity index (χ0) is 20.2. The normalized spacial score (nSPS) is 11.8. The number of ether oxygens (including phenoxy) is 3. The Morgan fingerprint density at radius 2 is 2.00 bits per heavy atom. The van der Waals surface area contributed by atoms with Gasteiger partial charge in [-0.3, -0.25) is 9.48 Å². The average Bonchev–Trinajstić information content (AvgIpc) is 3.16. The van der Waals surface area contributed by atoms with Crippen LogP contribution in [0.25, 0.3) is 11.3 Å². The maximum Gasteiger partial charge on any atom is 0.241 e. The van der Waals surface area contributed by atoms with Gasteiger partial charge in [0, 0.05) is 17.7 Å². The monoisotopic (exact) mass is 393 g/mol. The van der Waals surface area contributed by atoms with E-state index in [1.807, 2.05) is 42.5 Å². The van der Waals surface area contributed by atoms with Gasteiger partial charge in [0.05, 0.1) is 26.1 Å². The Morgan fingerprint density at radius 3 is 2.83 bits per heavy atom. The summed E-state index contributed by atoms with van der Waals surface area (Å²) in [5, 5.41) is 7.35. The molecule has 0 saturated heterocycles. The number of benzene rings is 2. The fourth-order valence-corrected chi connectivity index (χ4v) is 3.48. The van der Waals surface area contributed by atoms with Crippen LogP contribution in [0.4, 0.5) is 0 Å². The van der Waals surface area contributed by atoms with Crippen molar-refractivity contribution in [3.63, 3.8) is 0 Å². The molecule has 0 fully saturated rings. The fraction of sp³-hybridized carbons (Fsp3) is 0.273. The molecule has 1 aliphatic rings. The van der Waals surface area contributed by atoms with E-state index in [0.717, 1.165) is 28.1 Å². The van der Waals surface area contributed by atoms with Crippen molar-refractivity contribution in [3.05, 3.63) is 59.8 Å². The maximum atomic E-state index is 12.5. The van der Waals surface area contributed by atoms with Gasteiger partial charge in [0.2, 0.25) is 5.91 Å². The number of aromatic nitrogens is 2. The molecule has 2 aromatic carbocycles. The van der Waals surface area contributed by atoms with Crippen LogP contribution in [0.3, 0.4) is 0 Å². The molecule has 1 N–H and O–H groups in total. The summed E-state index contributed by atoms with van der Waals surface area (Å²) in [7, 11) is 3.22. The van der Waals surface area contributed by atoms with E-state index in [1.54, 1.807) is 25.1 Å². The van der Waals surface area contributed by atoms with Gasteiger partial charge >= 0.3 is 0 Å². The first-order valence-electron chi connectivity index (χ1n) is 9.44. The molecular weight excluding hydrogens is 370 g/mol. The number of hydrogen-bond acceptors (Lipinski definition) is 5. The van der Waals surface area contributed by atoms with E-state index in [0.29, 0.717) is 31.1 Å². The smallest absolute Gasteiger partial charge is 0.241 e. The summed E-state index contributed by atoms with van der Waals surface area (Å²) in [5.41, 5.74) is 3.96. The van der Waals surface area contributed by atoms with Crippen LogP contribution >= 0.6 is 0 Å². The Bertz CT molecular complexity index is 1030. The van der Waals surface area contributed by atoms with Gasteiger partial charge in [-0.1, -0.05) is 18.2 Å². The van der Waals surface area contributed by atoms with Crippen LogP contribution in [-0.2, 0) is 24.4 Å². The van der Waals surface area contributed by atoms with E-state index >= 15 is 0 Å². The molecule has 0 atom stereocenters. The number of amides is 1. The maximum absolute atomic E-state index is 12.5. The predicted octanol–water partition coefficient (Wildman–Crippen LogP) is 2.82. The summed E-state index contributed by atoms with van der Waals surface area (Å²) in [6, 6.07) is 13.6. The summed E-state index contributed by atoms with van der Waals surface area (Å²) in [5.74, 6) is 2.10. The summed E-state index contributed by atoms with van der Waals surface area (Å²) in [6.07, 6.45) is 2.46. The van der Waals surface area contributed by atoms with Crippen LogP contribution in [0.2, 0.25) is 0 Å². The zero-order valence-electron chi connectivity index (χ0n) is 16.5. The number of nitrogens with one attached hydrogen (secondary N) is 1. The zero-order valence-corrected chi connectivity index (χ0v) is 16.5. The van der Waals surface area contributed by atoms with E-state index in [4.69, 9.17) is 14.2 Å². The van der Waals surface area contributed by atoms with Crippen molar-refractivity contribution in [1.82, 2.24) is 15.1 Å². The molecular formula is C22H23N3O4. The van der Waals surface area contributed by atoms with Crippen molar-refractivity contribution in [3.8, 4) is 28.5 Å². The van der Waals surface area contributed by atoms with Crippen molar-refractivity contribution in [1.29, 1.82) is 0 Å². The average molecular weight is 393 g/mol. The van der Waals surface area contributed by atoms with Gasteiger partial charge in [-0.15, -0.1) is 0 Å². The molecule has 0 unspecified atom stereocenters. The van der Waals surface area contributed by atoms with Crippen molar-refractivity contribution < 1.29 is 19.0 Å². The highest BCUT2D eigenvalue weighted by molar-refractivity contribution is 5.78. The second-order valence-electron chi connectivity index (χ2n) is 6.75. The number of carbonyl (C=O) groups is 1. The molecule has 1 aromatic heterocycles. The Kier molecular flexibility index (Phi) is 5.37. The lowest BCUT2D eigenvalue weighted by Gasteiger charge is -2.19. The van der Waals surface area contributed by atoms with Gasteiger partial charge in [-0.25, -0.2) is 0 Å². The molecule has 29 heavy (non-hydrogen) atoms. The Balaban J connectivity index is 1.38. The number of hydrogen-bond donors (Lipinski definition) is 1. The molecule has 0 spiro atoms. The largest absolute Gasteiger partial charge is 0.493 e. The van der Waals surface area contributed by atoms with Gasteiger partial charge in [0.1, 0.15) is 18.9 Å². The SMILES string of the molecule is COc1ccc(CCNC(=O)Cn2ncc3c2-c2ccccc2OC3)cc1OC. The van der Waals surface area contributed by atoms with E-state index in [2.05, 4.69) is 10.4 Å². The van der Waals surface area contributed by atoms with E-state index < -0.39 is 0 Å². The second kappa shape index (κ2) is 8.26. The second-order valence-corrected chi connectivity index (χ2v) is 6.75. The Morgan fingerprint density at radius 1 is 1.17 bits per heavy atom. The molecule has 7 nitrogen and oxygen atoms in total. The standard InChI is InChI=1S/C22H23N3O4/c1-27-19-8-7-15(11-20(19)28-2)9-10-23-21(26)13-25-22-16(12-24-25)14-29-18-6-4-3-5-17(18)22/h3-8,11-12H,9-10,13-14H2,1-2H3,(H,23,26). The predicted molar refractivity (Wildman–Crippen MR) is 108 cm³/mol. The van der Waals surface area contributed by atoms with Gasteiger partial charge in [-0.2, -0.15) is 5.10 Å². The third kappa shape index (κ3) is 3.89. The highest BCUT2D eigenvalue weighted by Crippen LogP contribution is 2.36.